The van der Waals surface area contributed by atoms with Crippen LogP contribution in [0.5, 0.6) is 11.5 Å². The molecule has 0 saturated carbocycles. The normalized spacial score (nSPS) is 10.6. The van der Waals surface area contributed by atoms with Crippen LogP contribution in [0.3, 0.4) is 0 Å². The van der Waals surface area contributed by atoms with Crippen molar-refractivity contribution < 1.29 is 18.7 Å². The number of ether oxygens (including phenoxy) is 2. The molecular formula is C17H15FO3. The van der Waals surface area contributed by atoms with E-state index in [2.05, 4.69) is 0 Å². The highest BCUT2D eigenvalue weighted by atomic mass is 19.1. The van der Waals surface area contributed by atoms with Gasteiger partial charge in [0.2, 0.25) is 0 Å². The van der Waals surface area contributed by atoms with Crippen LogP contribution in [-0.2, 0) is 9.53 Å². The van der Waals surface area contributed by atoms with Crippen molar-refractivity contribution in [1.82, 2.24) is 0 Å². The van der Waals surface area contributed by atoms with Crippen LogP contribution < -0.4 is 4.74 Å². The topological polar surface area (TPSA) is 35.5 Å². The van der Waals surface area contributed by atoms with Gasteiger partial charge in [-0.3, -0.25) is 0 Å². The minimum Gasteiger partial charge on any atom is -0.463 e. The maximum Gasteiger partial charge on any atom is 0.330 e. The third-order valence-corrected chi connectivity index (χ3v) is 2.63. The van der Waals surface area contributed by atoms with Crippen molar-refractivity contribution in [3.05, 3.63) is 66.0 Å². The molecule has 0 radical (unpaired) electrons. The first-order chi connectivity index (χ1) is 10.2. The summed E-state index contributed by atoms with van der Waals surface area (Å²) in [6.07, 6.45) is 3.04. The number of hydrogen-bond acceptors (Lipinski definition) is 3. The summed E-state index contributed by atoms with van der Waals surface area (Å²) in [5.41, 5.74) is 0.856. The van der Waals surface area contributed by atoms with E-state index in [4.69, 9.17) is 9.47 Å². The summed E-state index contributed by atoms with van der Waals surface area (Å²) >= 11 is 0. The molecule has 0 amide bonds. The Hall–Kier alpha value is -2.62. The lowest BCUT2D eigenvalue weighted by Gasteiger charge is -2.05. The molecule has 0 aliphatic rings. The van der Waals surface area contributed by atoms with Crippen molar-refractivity contribution in [3.8, 4) is 11.5 Å². The van der Waals surface area contributed by atoms with E-state index >= 15 is 0 Å². The van der Waals surface area contributed by atoms with Crippen molar-refractivity contribution >= 4 is 12.0 Å². The van der Waals surface area contributed by atoms with Crippen LogP contribution >= 0.6 is 0 Å². The first-order valence-corrected chi connectivity index (χ1v) is 6.55. The number of carbonyl (C=O) groups is 1. The Morgan fingerprint density at radius 2 is 1.62 bits per heavy atom. The fourth-order valence-electron chi connectivity index (χ4n) is 1.64. The van der Waals surface area contributed by atoms with Gasteiger partial charge in [-0.1, -0.05) is 12.1 Å². The number of halogens is 1. The molecule has 0 heterocycles. The van der Waals surface area contributed by atoms with Crippen LogP contribution in [0.4, 0.5) is 4.39 Å². The molecular weight excluding hydrogens is 271 g/mol. The van der Waals surface area contributed by atoms with Gasteiger partial charge in [0.25, 0.3) is 0 Å². The zero-order valence-electron chi connectivity index (χ0n) is 11.6. The number of hydrogen-bond donors (Lipinski definition) is 0. The van der Waals surface area contributed by atoms with E-state index in [-0.39, 0.29) is 11.8 Å². The first-order valence-electron chi connectivity index (χ1n) is 6.55. The first kappa shape index (κ1) is 14.8. The molecule has 0 bridgehead atoms. The molecule has 0 saturated heterocycles. The summed E-state index contributed by atoms with van der Waals surface area (Å²) in [5, 5.41) is 0. The molecule has 108 valence electrons. The summed E-state index contributed by atoms with van der Waals surface area (Å²) in [7, 11) is 0. The number of carbonyl (C=O) groups excluding carboxylic acids is 1. The van der Waals surface area contributed by atoms with Crippen LogP contribution in [0.1, 0.15) is 12.5 Å². The molecule has 2 rings (SSSR count). The quantitative estimate of drug-likeness (QED) is 0.610. The van der Waals surface area contributed by atoms with Crippen molar-refractivity contribution in [3.63, 3.8) is 0 Å². The Morgan fingerprint density at radius 3 is 2.19 bits per heavy atom. The molecule has 0 atom stereocenters. The fraction of sp³-hybridized carbons (Fsp3) is 0.118. The molecule has 0 fully saturated rings. The van der Waals surface area contributed by atoms with Crippen LogP contribution in [0.15, 0.2) is 54.6 Å². The molecule has 0 spiro atoms. The van der Waals surface area contributed by atoms with E-state index in [0.717, 1.165) is 5.56 Å². The number of rotatable bonds is 5. The van der Waals surface area contributed by atoms with E-state index in [1.54, 1.807) is 37.3 Å². The highest BCUT2D eigenvalue weighted by molar-refractivity contribution is 5.87. The van der Waals surface area contributed by atoms with Gasteiger partial charge in [-0.05, 0) is 55.0 Å². The molecule has 0 aliphatic heterocycles. The van der Waals surface area contributed by atoms with Crippen LogP contribution in [0, 0.1) is 5.82 Å². The van der Waals surface area contributed by atoms with Gasteiger partial charge in [-0.15, -0.1) is 0 Å². The third kappa shape index (κ3) is 4.76. The molecule has 0 aliphatic carbocycles. The second-order valence-corrected chi connectivity index (χ2v) is 4.21. The Bertz CT molecular complexity index is 615. The summed E-state index contributed by atoms with van der Waals surface area (Å²) < 4.78 is 23.1. The van der Waals surface area contributed by atoms with Crippen molar-refractivity contribution in [2.75, 3.05) is 6.61 Å². The van der Waals surface area contributed by atoms with Gasteiger partial charge in [-0.25, -0.2) is 9.18 Å². The zero-order valence-corrected chi connectivity index (χ0v) is 11.6. The molecule has 4 heteroatoms. The molecule has 3 nitrogen and oxygen atoms in total. The lowest BCUT2D eigenvalue weighted by Crippen LogP contribution is -1.98. The minimum atomic E-state index is -0.371. The van der Waals surface area contributed by atoms with Crippen LogP contribution in [-0.4, -0.2) is 12.6 Å². The van der Waals surface area contributed by atoms with Gasteiger partial charge < -0.3 is 9.47 Å². The Labute approximate surface area is 122 Å². The maximum absolute atomic E-state index is 12.8. The largest absolute Gasteiger partial charge is 0.463 e. The van der Waals surface area contributed by atoms with Gasteiger partial charge >= 0.3 is 5.97 Å². The Morgan fingerprint density at radius 1 is 1.05 bits per heavy atom. The molecule has 2 aromatic carbocycles. The molecule has 21 heavy (non-hydrogen) atoms. The minimum absolute atomic E-state index is 0.304. The van der Waals surface area contributed by atoms with Gasteiger partial charge in [0.15, 0.2) is 0 Å². The SMILES string of the molecule is CCOC(=O)C=Cc1ccc(Oc2ccc(F)cc2)cc1. The summed E-state index contributed by atoms with van der Waals surface area (Å²) in [6, 6.07) is 13.0. The molecule has 2 aromatic rings. The van der Waals surface area contributed by atoms with E-state index in [0.29, 0.717) is 18.1 Å². The highest BCUT2D eigenvalue weighted by Crippen LogP contribution is 2.22. The fourth-order valence-corrected chi connectivity index (χ4v) is 1.64. The smallest absolute Gasteiger partial charge is 0.330 e. The van der Waals surface area contributed by atoms with Gasteiger partial charge in [0, 0.05) is 6.08 Å². The predicted molar refractivity (Wildman–Crippen MR) is 78.6 cm³/mol. The Balaban J connectivity index is 1.98. The van der Waals surface area contributed by atoms with Gasteiger partial charge in [0.1, 0.15) is 17.3 Å². The van der Waals surface area contributed by atoms with Gasteiger partial charge in [-0.2, -0.15) is 0 Å². The van der Waals surface area contributed by atoms with E-state index in [9.17, 15) is 9.18 Å². The standard InChI is InChI=1S/C17H15FO3/c1-2-20-17(19)12-5-13-3-8-15(9-4-13)21-16-10-6-14(18)7-11-16/h3-12H,2H2,1H3. The monoisotopic (exact) mass is 286 g/mol. The van der Waals surface area contributed by atoms with E-state index < -0.39 is 0 Å². The molecule has 0 N–H and O–H groups in total. The van der Waals surface area contributed by atoms with E-state index in [1.807, 2.05) is 12.1 Å². The maximum atomic E-state index is 12.8. The lowest BCUT2D eigenvalue weighted by molar-refractivity contribution is -0.137. The molecule has 0 aromatic heterocycles. The average molecular weight is 286 g/mol. The van der Waals surface area contributed by atoms with Crippen molar-refractivity contribution in [1.29, 1.82) is 0 Å². The molecule has 0 unspecified atom stereocenters. The third-order valence-electron chi connectivity index (χ3n) is 2.63. The summed E-state index contributed by atoms with van der Waals surface area (Å²) in [4.78, 5) is 11.2. The lowest BCUT2D eigenvalue weighted by atomic mass is 10.2. The van der Waals surface area contributed by atoms with Crippen molar-refractivity contribution in [2.24, 2.45) is 0 Å². The predicted octanol–water partition coefficient (Wildman–Crippen LogP) is 4.19. The summed E-state index contributed by atoms with van der Waals surface area (Å²) in [6.45, 7) is 2.11. The second kappa shape index (κ2) is 7.24. The second-order valence-electron chi connectivity index (χ2n) is 4.21. The number of esters is 1. The van der Waals surface area contributed by atoms with Gasteiger partial charge in [0.05, 0.1) is 6.61 Å². The average Bonchev–Trinajstić information content (AvgIpc) is 2.49. The number of benzene rings is 2. The zero-order chi connectivity index (χ0) is 15.1. The Kier molecular flexibility index (Phi) is 5.10. The summed E-state index contributed by atoms with van der Waals surface area (Å²) in [5.74, 6) is 0.520. The van der Waals surface area contributed by atoms with E-state index in [1.165, 1.54) is 18.2 Å². The van der Waals surface area contributed by atoms with Crippen molar-refractivity contribution in [2.45, 2.75) is 6.92 Å². The van der Waals surface area contributed by atoms with Crippen LogP contribution in [0.25, 0.3) is 6.08 Å². The highest BCUT2D eigenvalue weighted by Gasteiger charge is 1.98. The van der Waals surface area contributed by atoms with Crippen LogP contribution in [0.2, 0.25) is 0 Å².